The lowest BCUT2D eigenvalue weighted by Crippen LogP contribution is -2.35. The number of amides is 1. The summed E-state index contributed by atoms with van der Waals surface area (Å²) >= 11 is 6.18. The molecule has 4 rings (SSSR count). The fourth-order valence-electron chi connectivity index (χ4n) is 4.13. The molecule has 1 amide bonds. The Morgan fingerprint density at radius 3 is 2.46 bits per heavy atom. The number of carbonyl (C=O) groups is 1. The summed E-state index contributed by atoms with van der Waals surface area (Å²) in [5.41, 5.74) is 2.34. The van der Waals surface area contributed by atoms with E-state index in [1.165, 1.54) is 0 Å². The summed E-state index contributed by atoms with van der Waals surface area (Å²) in [7, 11) is 0. The summed E-state index contributed by atoms with van der Waals surface area (Å²) in [5.74, 6) is 0.329. The van der Waals surface area contributed by atoms with E-state index < -0.39 is 0 Å². The van der Waals surface area contributed by atoms with Crippen LogP contribution in [0.5, 0.6) is 0 Å². The summed E-state index contributed by atoms with van der Waals surface area (Å²) in [6.45, 7) is 2.06. The van der Waals surface area contributed by atoms with E-state index in [0.29, 0.717) is 5.02 Å². The molecule has 26 heavy (non-hydrogen) atoms. The second-order valence-corrected chi connectivity index (χ2v) is 7.71. The number of benzene rings is 2. The van der Waals surface area contributed by atoms with Gasteiger partial charge in [0.15, 0.2) is 0 Å². The smallest absolute Gasteiger partial charge is 0.224 e. The van der Waals surface area contributed by atoms with Crippen molar-refractivity contribution in [2.24, 2.45) is 11.3 Å². The molecular weight excluding hydrogens is 367 g/mol. The van der Waals surface area contributed by atoms with Crippen LogP contribution in [-0.2, 0) is 4.79 Å². The Balaban J connectivity index is 0.00000196. The lowest BCUT2D eigenvalue weighted by Gasteiger charge is -2.25. The maximum absolute atomic E-state index is 13.0. The molecule has 1 aliphatic heterocycles. The molecule has 0 radical (unpaired) electrons. The molecule has 1 heterocycles. The normalized spacial score (nSPS) is 21.5. The number of rotatable bonds is 4. The number of halogens is 2. The summed E-state index contributed by atoms with van der Waals surface area (Å²) in [4.78, 5) is 13.0. The van der Waals surface area contributed by atoms with Crippen molar-refractivity contribution in [1.82, 2.24) is 10.6 Å². The van der Waals surface area contributed by atoms with Crippen LogP contribution < -0.4 is 10.6 Å². The molecule has 1 spiro atoms. The average molecular weight is 391 g/mol. The number of nitrogens with one attached hydrogen (secondary N) is 2. The molecule has 2 fully saturated rings. The summed E-state index contributed by atoms with van der Waals surface area (Å²) in [6, 6.07) is 17.7. The van der Waals surface area contributed by atoms with Crippen LogP contribution in [0.4, 0.5) is 0 Å². The zero-order valence-electron chi connectivity index (χ0n) is 14.6. The van der Waals surface area contributed by atoms with Gasteiger partial charge in [0.25, 0.3) is 0 Å². The van der Waals surface area contributed by atoms with Crippen LogP contribution in [0.25, 0.3) is 0 Å². The van der Waals surface area contributed by atoms with Gasteiger partial charge in [0.05, 0.1) is 6.04 Å². The van der Waals surface area contributed by atoms with Gasteiger partial charge in [-0.15, -0.1) is 12.4 Å². The van der Waals surface area contributed by atoms with Crippen LogP contribution in [0.3, 0.4) is 0 Å². The average Bonchev–Trinajstić information content (AvgIpc) is 3.34. The molecule has 1 saturated heterocycles. The number of piperidine rings is 1. The highest BCUT2D eigenvalue weighted by Crippen LogP contribution is 2.58. The highest BCUT2D eigenvalue weighted by molar-refractivity contribution is 6.30. The minimum absolute atomic E-state index is 0. The third-order valence-electron chi connectivity index (χ3n) is 5.71. The van der Waals surface area contributed by atoms with Crippen molar-refractivity contribution in [3.8, 4) is 0 Å². The second kappa shape index (κ2) is 7.99. The van der Waals surface area contributed by atoms with Crippen LogP contribution >= 0.6 is 24.0 Å². The zero-order chi connectivity index (χ0) is 17.3. The third-order valence-corrected chi connectivity index (χ3v) is 5.94. The largest absolute Gasteiger partial charge is 0.345 e. The molecule has 2 N–H and O–H groups in total. The van der Waals surface area contributed by atoms with Crippen molar-refractivity contribution >= 4 is 29.9 Å². The van der Waals surface area contributed by atoms with Gasteiger partial charge in [-0.1, -0.05) is 54.1 Å². The standard InChI is InChI=1S/C21H23ClN2O.ClH/c22-17-8-4-7-16(13-17)19(15-5-2-1-3-6-15)24-20(25)18-14-21(18)9-11-23-12-10-21;/h1-8,13,18-19,23H,9-12,14H2,(H,24,25);1H. The molecule has 0 bridgehead atoms. The van der Waals surface area contributed by atoms with Crippen molar-refractivity contribution in [3.63, 3.8) is 0 Å². The van der Waals surface area contributed by atoms with E-state index in [9.17, 15) is 4.79 Å². The topological polar surface area (TPSA) is 41.1 Å². The second-order valence-electron chi connectivity index (χ2n) is 7.28. The van der Waals surface area contributed by atoms with Crippen molar-refractivity contribution in [1.29, 1.82) is 0 Å². The van der Waals surface area contributed by atoms with Crippen molar-refractivity contribution in [2.45, 2.75) is 25.3 Å². The molecule has 2 atom stereocenters. The van der Waals surface area contributed by atoms with Crippen molar-refractivity contribution in [3.05, 3.63) is 70.7 Å². The highest BCUT2D eigenvalue weighted by atomic mass is 35.5. The SMILES string of the molecule is Cl.O=C(NC(c1ccccc1)c1cccc(Cl)c1)C1CC12CCNCC2. The van der Waals surface area contributed by atoms with Gasteiger partial charge in [-0.2, -0.15) is 0 Å². The van der Waals surface area contributed by atoms with Crippen LogP contribution in [0.15, 0.2) is 54.6 Å². The molecule has 1 aliphatic carbocycles. The summed E-state index contributed by atoms with van der Waals surface area (Å²) in [5, 5.41) is 7.37. The Bertz CT molecular complexity index is 760. The lowest BCUT2D eigenvalue weighted by molar-refractivity contribution is -0.123. The van der Waals surface area contributed by atoms with Crippen molar-refractivity contribution < 1.29 is 4.79 Å². The number of carbonyl (C=O) groups excluding carboxylic acids is 1. The first-order valence-corrected chi connectivity index (χ1v) is 9.37. The van der Waals surface area contributed by atoms with E-state index in [4.69, 9.17) is 11.6 Å². The predicted octanol–water partition coefficient (Wildman–Crippen LogP) is 4.36. The van der Waals surface area contributed by atoms with Gasteiger partial charge in [-0.3, -0.25) is 4.79 Å². The first-order chi connectivity index (χ1) is 12.2. The van der Waals surface area contributed by atoms with Gasteiger partial charge in [0, 0.05) is 10.9 Å². The number of hydrogen-bond donors (Lipinski definition) is 2. The minimum atomic E-state index is -0.160. The van der Waals surface area contributed by atoms with Gasteiger partial charge >= 0.3 is 0 Å². The van der Waals surface area contributed by atoms with E-state index in [2.05, 4.69) is 22.8 Å². The molecule has 3 nitrogen and oxygen atoms in total. The minimum Gasteiger partial charge on any atom is -0.345 e. The molecule has 1 saturated carbocycles. The van der Waals surface area contributed by atoms with Crippen molar-refractivity contribution in [2.75, 3.05) is 13.1 Å². The van der Waals surface area contributed by atoms with Crippen LogP contribution in [0.1, 0.15) is 36.4 Å². The van der Waals surface area contributed by atoms with E-state index in [-0.39, 0.29) is 35.7 Å². The van der Waals surface area contributed by atoms with Crippen LogP contribution in [0.2, 0.25) is 5.02 Å². The first-order valence-electron chi connectivity index (χ1n) is 8.99. The van der Waals surface area contributed by atoms with E-state index in [1.54, 1.807) is 0 Å². The number of hydrogen-bond acceptors (Lipinski definition) is 2. The molecule has 2 aliphatic rings. The Kier molecular flexibility index (Phi) is 5.91. The van der Waals surface area contributed by atoms with Gasteiger partial charge in [-0.25, -0.2) is 0 Å². The molecule has 2 aromatic carbocycles. The van der Waals surface area contributed by atoms with Gasteiger partial charge < -0.3 is 10.6 Å². The first kappa shape index (κ1) is 19.2. The molecule has 2 aromatic rings. The fourth-order valence-corrected chi connectivity index (χ4v) is 4.33. The van der Waals surface area contributed by atoms with Crippen LogP contribution in [0, 0.1) is 11.3 Å². The molecule has 0 aromatic heterocycles. The van der Waals surface area contributed by atoms with Gasteiger partial charge in [0.2, 0.25) is 5.91 Å². The highest BCUT2D eigenvalue weighted by Gasteiger charge is 2.57. The molecule has 5 heteroatoms. The molecule has 2 unspecified atom stereocenters. The van der Waals surface area contributed by atoms with E-state index in [1.807, 2.05) is 42.5 Å². The third kappa shape index (κ3) is 3.90. The Morgan fingerprint density at radius 1 is 1.08 bits per heavy atom. The lowest BCUT2D eigenvalue weighted by atomic mass is 9.91. The predicted molar refractivity (Wildman–Crippen MR) is 108 cm³/mol. The maximum Gasteiger partial charge on any atom is 0.224 e. The zero-order valence-corrected chi connectivity index (χ0v) is 16.2. The van der Waals surface area contributed by atoms with Gasteiger partial charge in [-0.05, 0) is 61.0 Å². The van der Waals surface area contributed by atoms with E-state index >= 15 is 0 Å². The van der Waals surface area contributed by atoms with E-state index in [0.717, 1.165) is 43.5 Å². The Morgan fingerprint density at radius 2 is 1.77 bits per heavy atom. The van der Waals surface area contributed by atoms with Gasteiger partial charge in [0.1, 0.15) is 0 Å². The fraction of sp³-hybridized carbons (Fsp3) is 0.381. The maximum atomic E-state index is 13.0. The van der Waals surface area contributed by atoms with Crippen LogP contribution in [-0.4, -0.2) is 19.0 Å². The Hall–Kier alpha value is -1.55. The Labute approximate surface area is 165 Å². The molecular formula is C21H24Cl2N2O. The summed E-state index contributed by atoms with van der Waals surface area (Å²) in [6.07, 6.45) is 3.24. The monoisotopic (exact) mass is 390 g/mol. The summed E-state index contributed by atoms with van der Waals surface area (Å²) < 4.78 is 0. The quantitative estimate of drug-likeness (QED) is 0.813. The molecule has 138 valence electrons.